The predicted octanol–water partition coefficient (Wildman–Crippen LogP) is 0.602. The first kappa shape index (κ1) is 8.99. The van der Waals surface area contributed by atoms with Crippen molar-refractivity contribution in [2.75, 3.05) is 26.8 Å². The van der Waals surface area contributed by atoms with Gasteiger partial charge < -0.3 is 9.64 Å². The minimum absolute atomic E-state index is 0.585. The van der Waals surface area contributed by atoms with Gasteiger partial charge in [0.1, 0.15) is 0 Å². The molecule has 0 spiro atoms. The van der Waals surface area contributed by atoms with Crippen LogP contribution in [0.5, 0.6) is 0 Å². The summed E-state index contributed by atoms with van der Waals surface area (Å²) in [6.07, 6.45) is 3.71. The second-order valence-corrected chi connectivity index (χ2v) is 1.83. The van der Waals surface area contributed by atoms with Crippen LogP contribution in [-0.4, -0.2) is 31.7 Å². The van der Waals surface area contributed by atoms with Crippen molar-refractivity contribution in [2.24, 2.45) is 0 Å². The highest BCUT2D eigenvalue weighted by molar-refractivity contribution is 4.81. The summed E-state index contributed by atoms with van der Waals surface area (Å²) >= 11 is 0. The normalized spacial score (nSPS) is 8.40. The molecule has 0 rings (SSSR count). The van der Waals surface area contributed by atoms with E-state index in [1.54, 1.807) is 18.1 Å². The fourth-order valence-corrected chi connectivity index (χ4v) is 0.539. The van der Waals surface area contributed by atoms with E-state index in [1.807, 2.05) is 6.19 Å². The SMILES string of the molecule is C=CCN(C#N)CCOC. The Labute approximate surface area is 61.5 Å². The molecule has 0 aromatic heterocycles. The molecule has 0 aliphatic carbocycles. The molecule has 0 fully saturated rings. The number of ether oxygens (including phenoxy) is 1. The Morgan fingerprint density at radius 3 is 2.90 bits per heavy atom. The molecular weight excluding hydrogens is 128 g/mol. The molecule has 10 heavy (non-hydrogen) atoms. The summed E-state index contributed by atoms with van der Waals surface area (Å²) in [4.78, 5) is 1.58. The van der Waals surface area contributed by atoms with E-state index >= 15 is 0 Å². The maximum absolute atomic E-state index is 8.46. The van der Waals surface area contributed by atoms with Gasteiger partial charge in [-0.1, -0.05) is 6.08 Å². The Morgan fingerprint density at radius 2 is 2.50 bits per heavy atom. The van der Waals surface area contributed by atoms with Crippen molar-refractivity contribution in [2.45, 2.75) is 0 Å². The molecule has 0 saturated heterocycles. The topological polar surface area (TPSA) is 36.3 Å². The first-order valence-corrected chi connectivity index (χ1v) is 3.09. The molecule has 0 heterocycles. The average Bonchev–Trinajstić information content (AvgIpc) is 1.98. The van der Waals surface area contributed by atoms with Gasteiger partial charge in [0.2, 0.25) is 0 Å². The lowest BCUT2D eigenvalue weighted by atomic mass is 10.5. The van der Waals surface area contributed by atoms with Gasteiger partial charge >= 0.3 is 0 Å². The molecule has 0 unspecified atom stereocenters. The number of methoxy groups -OCH3 is 1. The smallest absolute Gasteiger partial charge is 0.179 e. The highest BCUT2D eigenvalue weighted by atomic mass is 16.5. The summed E-state index contributed by atoms with van der Waals surface area (Å²) in [6.45, 7) is 5.34. The van der Waals surface area contributed by atoms with Gasteiger partial charge in [-0.05, 0) is 0 Å². The van der Waals surface area contributed by atoms with Crippen LogP contribution in [0.2, 0.25) is 0 Å². The lowest BCUT2D eigenvalue weighted by Crippen LogP contribution is -2.21. The fraction of sp³-hybridized carbons (Fsp3) is 0.571. The van der Waals surface area contributed by atoms with Crippen molar-refractivity contribution in [1.82, 2.24) is 4.90 Å². The molecule has 0 aliphatic rings. The monoisotopic (exact) mass is 140 g/mol. The van der Waals surface area contributed by atoms with E-state index < -0.39 is 0 Å². The molecule has 0 aromatic rings. The van der Waals surface area contributed by atoms with E-state index in [2.05, 4.69) is 6.58 Å². The van der Waals surface area contributed by atoms with Crippen molar-refractivity contribution < 1.29 is 4.74 Å². The Balaban J connectivity index is 3.42. The van der Waals surface area contributed by atoms with Crippen LogP contribution < -0.4 is 0 Å². The number of nitriles is 1. The zero-order valence-corrected chi connectivity index (χ0v) is 6.21. The third-order valence-electron chi connectivity index (χ3n) is 1.06. The molecule has 56 valence electrons. The van der Waals surface area contributed by atoms with E-state index in [9.17, 15) is 0 Å². The molecule has 0 radical (unpaired) electrons. The van der Waals surface area contributed by atoms with Gasteiger partial charge in [-0.2, -0.15) is 5.26 Å². The Bertz CT molecular complexity index is 128. The number of rotatable bonds is 5. The van der Waals surface area contributed by atoms with Crippen LogP contribution in [0.4, 0.5) is 0 Å². The van der Waals surface area contributed by atoms with Crippen LogP contribution in [0, 0.1) is 11.5 Å². The minimum atomic E-state index is 0.585. The lowest BCUT2D eigenvalue weighted by Gasteiger charge is -2.10. The van der Waals surface area contributed by atoms with Crippen molar-refractivity contribution >= 4 is 0 Å². The summed E-state index contributed by atoms with van der Waals surface area (Å²) in [5.74, 6) is 0. The summed E-state index contributed by atoms with van der Waals surface area (Å²) in [6, 6.07) is 0. The van der Waals surface area contributed by atoms with Gasteiger partial charge in [0.05, 0.1) is 13.2 Å². The van der Waals surface area contributed by atoms with Crippen molar-refractivity contribution in [3.05, 3.63) is 12.7 Å². The van der Waals surface area contributed by atoms with Gasteiger partial charge in [-0.3, -0.25) is 0 Å². The van der Waals surface area contributed by atoms with Crippen LogP contribution >= 0.6 is 0 Å². The van der Waals surface area contributed by atoms with Gasteiger partial charge in [0, 0.05) is 13.7 Å². The molecular formula is C7H12N2O. The largest absolute Gasteiger partial charge is 0.383 e. The van der Waals surface area contributed by atoms with Gasteiger partial charge in [0.25, 0.3) is 0 Å². The van der Waals surface area contributed by atoms with E-state index in [-0.39, 0.29) is 0 Å². The first-order valence-electron chi connectivity index (χ1n) is 3.09. The van der Waals surface area contributed by atoms with Crippen LogP contribution in [0.1, 0.15) is 0 Å². The first-order chi connectivity index (χ1) is 4.85. The molecule has 0 bridgehead atoms. The van der Waals surface area contributed by atoms with E-state index in [4.69, 9.17) is 10.00 Å². The average molecular weight is 140 g/mol. The summed E-state index contributed by atoms with van der Waals surface area (Å²) in [5, 5.41) is 8.46. The third-order valence-corrected chi connectivity index (χ3v) is 1.06. The van der Waals surface area contributed by atoms with Crippen LogP contribution in [0.3, 0.4) is 0 Å². The molecule has 0 saturated carbocycles. The number of hydrogen-bond donors (Lipinski definition) is 0. The number of hydrogen-bond acceptors (Lipinski definition) is 3. The zero-order chi connectivity index (χ0) is 7.82. The molecule has 0 atom stereocenters. The Morgan fingerprint density at radius 1 is 1.80 bits per heavy atom. The van der Waals surface area contributed by atoms with Crippen LogP contribution in [0.15, 0.2) is 12.7 Å². The maximum atomic E-state index is 8.46. The summed E-state index contributed by atoms with van der Waals surface area (Å²) in [7, 11) is 1.61. The van der Waals surface area contributed by atoms with Crippen molar-refractivity contribution in [3.63, 3.8) is 0 Å². The molecule has 0 N–H and O–H groups in total. The molecule has 3 nitrogen and oxygen atoms in total. The zero-order valence-electron chi connectivity index (χ0n) is 6.21. The highest BCUT2D eigenvalue weighted by Gasteiger charge is 1.95. The standard InChI is InChI=1S/C7H12N2O/c1-3-4-9(7-8)5-6-10-2/h3H,1,4-6H2,2H3. The maximum Gasteiger partial charge on any atom is 0.179 e. The second-order valence-electron chi connectivity index (χ2n) is 1.83. The van der Waals surface area contributed by atoms with Gasteiger partial charge in [0.15, 0.2) is 6.19 Å². The third kappa shape index (κ3) is 3.93. The van der Waals surface area contributed by atoms with E-state index in [1.165, 1.54) is 0 Å². The second kappa shape index (κ2) is 6.12. The summed E-state index contributed by atoms with van der Waals surface area (Å²) in [5.41, 5.74) is 0. The highest BCUT2D eigenvalue weighted by Crippen LogP contribution is 1.84. The van der Waals surface area contributed by atoms with Crippen molar-refractivity contribution in [1.29, 1.82) is 5.26 Å². The minimum Gasteiger partial charge on any atom is -0.383 e. The molecule has 3 heteroatoms. The molecule has 0 aromatic carbocycles. The van der Waals surface area contributed by atoms with Crippen LogP contribution in [0.25, 0.3) is 0 Å². The van der Waals surface area contributed by atoms with Crippen molar-refractivity contribution in [3.8, 4) is 6.19 Å². The lowest BCUT2D eigenvalue weighted by molar-refractivity contribution is 0.176. The van der Waals surface area contributed by atoms with Gasteiger partial charge in [-0.25, -0.2) is 0 Å². The Hall–Kier alpha value is -1.01. The van der Waals surface area contributed by atoms with Crippen LogP contribution in [-0.2, 0) is 4.74 Å². The quantitative estimate of drug-likeness (QED) is 0.319. The molecule has 0 aliphatic heterocycles. The Kier molecular flexibility index (Phi) is 5.50. The predicted molar refractivity (Wildman–Crippen MR) is 39.3 cm³/mol. The van der Waals surface area contributed by atoms with E-state index in [0.29, 0.717) is 19.7 Å². The number of nitrogens with zero attached hydrogens (tertiary/aromatic N) is 2. The fourth-order valence-electron chi connectivity index (χ4n) is 0.539. The molecule has 0 amide bonds. The van der Waals surface area contributed by atoms with Gasteiger partial charge in [-0.15, -0.1) is 6.58 Å². The van der Waals surface area contributed by atoms with E-state index in [0.717, 1.165) is 0 Å². The summed E-state index contributed by atoms with van der Waals surface area (Å²) < 4.78 is 4.79.